The van der Waals surface area contributed by atoms with Gasteiger partial charge in [-0.05, 0) is 32.0 Å². The van der Waals surface area contributed by atoms with E-state index < -0.39 is 0 Å². The fourth-order valence-electron chi connectivity index (χ4n) is 1.65. The molecule has 0 saturated heterocycles. The van der Waals surface area contributed by atoms with E-state index in [1.54, 1.807) is 14.2 Å². The molecule has 1 aromatic rings. The van der Waals surface area contributed by atoms with E-state index >= 15 is 0 Å². The Balaban J connectivity index is 3.18. The molecule has 0 saturated carbocycles. The van der Waals surface area contributed by atoms with E-state index in [1.165, 1.54) is 0 Å². The third kappa shape index (κ3) is 2.39. The molecule has 0 aliphatic heterocycles. The largest absolute Gasteiger partial charge is 0.496 e. The molecular formula is C12H20N2O2. The molecule has 1 aromatic carbocycles. The fraction of sp³-hybridized carbons (Fsp3) is 0.500. The zero-order chi connectivity index (χ0) is 12.1. The van der Waals surface area contributed by atoms with Gasteiger partial charge in [-0.25, -0.2) is 0 Å². The lowest BCUT2D eigenvalue weighted by molar-refractivity contribution is 0.399. The maximum absolute atomic E-state index is 5.41. The zero-order valence-corrected chi connectivity index (χ0v) is 10.6. The van der Waals surface area contributed by atoms with E-state index in [2.05, 4.69) is 10.6 Å². The average Bonchev–Trinajstić information content (AvgIpc) is 2.30. The molecular weight excluding hydrogens is 204 g/mol. The van der Waals surface area contributed by atoms with Gasteiger partial charge >= 0.3 is 0 Å². The van der Waals surface area contributed by atoms with Crippen molar-refractivity contribution in [2.24, 2.45) is 0 Å². The molecule has 0 spiro atoms. The summed E-state index contributed by atoms with van der Waals surface area (Å²) in [7, 11) is 5.24. The minimum absolute atomic E-state index is 0.683. The molecule has 0 aromatic heterocycles. The van der Waals surface area contributed by atoms with Crippen LogP contribution in [0.4, 0.5) is 5.69 Å². The Hall–Kier alpha value is -1.42. The molecule has 0 aliphatic rings. The van der Waals surface area contributed by atoms with E-state index in [4.69, 9.17) is 9.47 Å². The number of methoxy groups -OCH3 is 2. The molecule has 4 heteroatoms. The SMILES string of the molecule is CNCNc1cc(OC)c(C)c(C)c1OC. The monoisotopic (exact) mass is 224 g/mol. The summed E-state index contributed by atoms with van der Waals surface area (Å²) in [5, 5.41) is 6.27. The quantitative estimate of drug-likeness (QED) is 0.750. The molecule has 0 fully saturated rings. The fourth-order valence-corrected chi connectivity index (χ4v) is 1.65. The van der Waals surface area contributed by atoms with Gasteiger partial charge in [-0.15, -0.1) is 0 Å². The molecule has 1 rings (SSSR count). The molecule has 0 radical (unpaired) electrons. The zero-order valence-electron chi connectivity index (χ0n) is 10.6. The van der Waals surface area contributed by atoms with Gasteiger partial charge in [0.25, 0.3) is 0 Å². The second-order valence-corrected chi connectivity index (χ2v) is 3.62. The van der Waals surface area contributed by atoms with Gasteiger partial charge in [0.1, 0.15) is 11.5 Å². The summed E-state index contributed by atoms with van der Waals surface area (Å²) in [6.07, 6.45) is 0. The van der Waals surface area contributed by atoms with E-state index in [0.29, 0.717) is 6.67 Å². The molecule has 16 heavy (non-hydrogen) atoms. The van der Waals surface area contributed by atoms with Crippen LogP contribution in [0.1, 0.15) is 11.1 Å². The Labute approximate surface area is 96.9 Å². The predicted molar refractivity (Wildman–Crippen MR) is 66.6 cm³/mol. The lowest BCUT2D eigenvalue weighted by atomic mass is 10.1. The van der Waals surface area contributed by atoms with Crippen LogP contribution in [0.2, 0.25) is 0 Å². The molecule has 0 unspecified atom stereocenters. The molecule has 90 valence electrons. The Bertz CT molecular complexity index is 365. The highest BCUT2D eigenvalue weighted by Crippen LogP contribution is 2.36. The molecule has 0 amide bonds. The van der Waals surface area contributed by atoms with Crippen LogP contribution < -0.4 is 20.1 Å². The number of hydrogen-bond acceptors (Lipinski definition) is 4. The number of nitrogens with one attached hydrogen (secondary N) is 2. The Morgan fingerprint density at radius 3 is 2.31 bits per heavy atom. The second kappa shape index (κ2) is 5.61. The summed E-state index contributed by atoms with van der Waals surface area (Å²) in [4.78, 5) is 0. The van der Waals surface area contributed by atoms with Crippen molar-refractivity contribution in [3.8, 4) is 11.5 Å². The van der Waals surface area contributed by atoms with Crippen molar-refractivity contribution in [3.05, 3.63) is 17.2 Å². The van der Waals surface area contributed by atoms with Crippen LogP contribution in [-0.2, 0) is 0 Å². The number of ether oxygens (including phenoxy) is 2. The lowest BCUT2D eigenvalue weighted by Crippen LogP contribution is -2.17. The van der Waals surface area contributed by atoms with Crippen molar-refractivity contribution < 1.29 is 9.47 Å². The van der Waals surface area contributed by atoms with Crippen LogP contribution in [0.5, 0.6) is 11.5 Å². The van der Waals surface area contributed by atoms with Crippen LogP contribution in [0.15, 0.2) is 6.07 Å². The van der Waals surface area contributed by atoms with Crippen molar-refractivity contribution in [3.63, 3.8) is 0 Å². The Kier molecular flexibility index (Phi) is 4.43. The molecule has 0 atom stereocenters. The van der Waals surface area contributed by atoms with E-state index in [-0.39, 0.29) is 0 Å². The van der Waals surface area contributed by atoms with Crippen molar-refractivity contribution in [2.75, 3.05) is 33.3 Å². The van der Waals surface area contributed by atoms with Crippen molar-refractivity contribution in [1.29, 1.82) is 0 Å². The Morgan fingerprint density at radius 2 is 1.81 bits per heavy atom. The van der Waals surface area contributed by atoms with Gasteiger partial charge in [0, 0.05) is 6.07 Å². The third-order valence-electron chi connectivity index (χ3n) is 2.67. The van der Waals surface area contributed by atoms with Crippen LogP contribution >= 0.6 is 0 Å². The first-order valence-electron chi connectivity index (χ1n) is 5.26. The van der Waals surface area contributed by atoms with Gasteiger partial charge in [0.15, 0.2) is 0 Å². The van der Waals surface area contributed by atoms with E-state index in [0.717, 1.165) is 28.3 Å². The maximum atomic E-state index is 5.41. The topological polar surface area (TPSA) is 42.5 Å². The first kappa shape index (κ1) is 12.6. The molecule has 4 nitrogen and oxygen atoms in total. The normalized spacial score (nSPS) is 10.1. The van der Waals surface area contributed by atoms with Crippen molar-refractivity contribution in [2.45, 2.75) is 13.8 Å². The van der Waals surface area contributed by atoms with Gasteiger partial charge in [0.2, 0.25) is 0 Å². The summed E-state index contributed by atoms with van der Waals surface area (Å²) < 4.78 is 10.7. The molecule has 0 bridgehead atoms. The van der Waals surface area contributed by atoms with Crippen molar-refractivity contribution >= 4 is 5.69 Å². The first-order valence-corrected chi connectivity index (χ1v) is 5.26. The summed E-state index contributed by atoms with van der Waals surface area (Å²) in [6, 6.07) is 1.96. The second-order valence-electron chi connectivity index (χ2n) is 3.62. The summed E-state index contributed by atoms with van der Waals surface area (Å²) in [5.41, 5.74) is 3.15. The Morgan fingerprint density at radius 1 is 1.12 bits per heavy atom. The standard InChI is InChI=1S/C12H20N2O2/c1-8-9(2)12(16-5)10(14-7-13-3)6-11(8)15-4/h6,13-14H,7H2,1-5H3. The van der Waals surface area contributed by atoms with Gasteiger partial charge < -0.3 is 20.1 Å². The lowest BCUT2D eigenvalue weighted by Gasteiger charge is -2.17. The summed E-state index contributed by atoms with van der Waals surface area (Å²) in [5.74, 6) is 1.74. The highest BCUT2D eigenvalue weighted by atomic mass is 16.5. The molecule has 0 aliphatic carbocycles. The smallest absolute Gasteiger partial charge is 0.145 e. The van der Waals surface area contributed by atoms with Crippen LogP contribution in [0.25, 0.3) is 0 Å². The highest BCUT2D eigenvalue weighted by Gasteiger charge is 2.13. The summed E-state index contributed by atoms with van der Waals surface area (Å²) in [6.45, 7) is 4.74. The average molecular weight is 224 g/mol. The van der Waals surface area contributed by atoms with E-state index in [9.17, 15) is 0 Å². The van der Waals surface area contributed by atoms with Crippen molar-refractivity contribution in [1.82, 2.24) is 5.32 Å². The number of rotatable bonds is 5. The van der Waals surface area contributed by atoms with Crippen LogP contribution in [0, 0.1) is 13.8 Å². The third-order valence-corrected chi connectivity index (χ3v) is 2.67. The first-order chi connectivity index (χ1) is 7.65. The van der Waals surface area contributed by atoms with Crippen LogP contribution in [0.3, 0.4) is 0 Å². The number of hydrogen-bond donors (Lipinski definition) is 2. The van der Waals surface area contributed by atoms with Crippen LogP contribution in [-0.4, -0.2) is 27.9 Å². The minimum Gasteiger partial charge on any atom is -0.496 e. The van der Waals surface area contributed by atoms with Gasteiger partial charge in [0.05, 0.1) is 26.6 Å². The molecule has 0 heterocycles. The molecule has 2 N–H and O–H groups in total. The highest BCUT2D eigenvalue weighted by molar-refractivity contribution is 5.66. The van der Waals surface area contributed by atoms with E-state index in [1.807, 2.05) is 27.0 Å². The maximum Gasteiger partial charge on any atom is 0.145 e. The summed E-state index contributed by atoms with van der Waals surface area (Å²) >= 11 is 0. The van der Waals surface area contributed by atoms with Gasteiger partial charge in [-0.2, -0.15) is 0 Å². The minimum atomic E-state index is 0.683. The van der Waals surface area contributed by atoms with Gasteiger partial charge in [-0.3, -0.25) is 0 Å². The number of anilines is 1. The van der Waals surface area contributed by atoms with Gasteiger partial charge in [-0.1, -0.05) is 0 Å². The predicted octanol–water partition coefficient (Wildman–Crippen LogP) is 1.91. The number of benzene rings is 1.